The van der Waals surface area contributed by atoms with Crippen LogP contribution in [0.15, 0.2) is 28.0 Å². The fraction of sp³-hybridized carbons (Fsp3) is 0. The first-order valence-electron chi connectivity index (χ1n) is 5.10. The summed E-state index contributed by atoms with van der Waals surface area (Å²) in [5.74, 6) is 5.13. The highest BCUT2D eigenvalue weighted by Crippen LogP contribution is 2.32. The SMILES string of the molecule is Nn1cnnc1N/N=C\c1cc(Br)cc([N+](=O)[O-])c1O. The lowest BCUT2D eigenvalue weighted by Crippen LogP contribution is -2.10. The van der Waals surface area contributed by atoms with Gasteiger partial charge in [-0.15, -0.1) is 10.2 Å². The molecule has 2 rings (SSSR count). The zero-order chi connectivity index (χ0) is 14.7. The number of nitrogens with one attached hydrogen (secondary N) is 1. The van der Waals surface area contributed by atoms with E-state index in [4.69, 9.17) is 5.84 Å². The maximum Gasteiger partial charge on any atom is 0.312 e. The van der Waals surface area contributed by atoms with Gasteiger partial charge in [-0.05, 0) is 6.07 Å². The van der Waals surface area contributed by atoms with Crippen molar-refractivity contribution in [1.29, 1.82) is 0 Å². The average Bonchev–Trinajstić information content (AvgIpc) is 2.78. The van der Waals surface area contributed by atoms with Crippen molar-refractivity contribution in [3.8, 4) is 5.75 Å². The number of rotatable bonds is 4. The lowest BCUT2D eigenvalue weighted by Gasteiger charge is -2.02. The molecule has 4 N–H and O–H groups in total. The Kier molecular flexibility index (Phi) is 3.79. The second-order valence-corrected chi connectivity index (χ2v) is 4.47. The summed E-state index contributed by atoms with van der Waals surface area (Å²) in [5.41, 5.74) is 2.20. The van der Waals surface area contributed by atoms with E-state index >= 15 is 0 Å². The number of nitro benzene ring substituents is 1. The summed E-state index contributed by atoms with van der Waals surface area (Å²) in [6, 6.07) is 2.66. The van der Waals surface area contributed by atoms with Gasteiger partial charge in [0.15, 0.2) is 0 Å². The Hall–Kier alpha value is -2.69. The summed E-state index contributed by atoms with van der Waals surface area (Å²) in [6.45, 7) is 0. The number of nitrogens with two attached hydrogens (primary N) is 1. The molecule has 0 unspecified atom stereocenters. The fourth-order valence-corrected chi connectivity index (χ4v) is 1.79. The first-order chi connectivity index (χ1) is 9.49. The number of nitrogen functional groups attached to an aromatic ring is 1. The topological polar surface area (TPSA) is 144 Å². The maximum atomic E-state index is 10.8. The Balaban J connectivity index is 2.25. The van der Waals surface area contributed by atoms with Gasteiger partial charge in [0.1, 0.15) is 6.33 Å². The number of phenols is 1. The molecule has 2 aromatic rings. The minimum atomic E-state index is -0.693. The molecule has 0 spiro atoms. The molecule has 11 heteroatoms. The smallest absolute Gasteiger partial charge is 0.312 e. The number of nitrogens with zero attached hydrogens (tertiary/aromatic N) is 5. The van der Waals surface area contributed by atoms with E-state index in [0.717, 1.165) is 4.68 Å². The number of benzene rings is 1. The number of hydrogen-bond acceptors (Lipinski definition) is 8. The van der Waals surface area contributed by atoms with E-state index in [1.54, 1.807) is 0 Å². The van der Waals surface area contributed by atoms with E-state index < -0.39 is 16.4 Å². The Morgan fingerprint density at radius 2 is 2.35 bits per heavy atom. The largest absolute Gasteiger partial charge is 0.502 e. The first-order valence-corrected chi connectivity index (χ1v) is 5.89. The summed E-state index contributed by atoms with van der Waals surface area (Å²) >= 11 is 3.11. The third-order valence-corrected chi connectivity index (χ3v) is 2.68. The molecule has 0 aliphatic carbocycles. The van der Waals surface area contributed by atoms with Gasteiger partial charge in [0, 0.05) is 16.1 Å². The standard InChI is InChI=1S/C9H8BrN7O3/c10-6-1-5(8(18)7(2-6)17(19)20)3-12-14-9-15-13-4-16(9)11/h1-4,18H,11H2,(H,14,15)/b12-3-. The predicted molar refractivity (Wildman–Crippen MR) is 73.9 cm³/mol. The highest BCUT2D eigenvalue weighted by Gasteiger charge is 2.17. The van der Waals surface area contributed by atoms with Crippen LogP contribution in [0.4, 0.5) is 11.6 Å². The summed E-state index contributed by atoms with van der Waals surface area (Å²) in [7, 11) is 0. The van der Waals surface area contributed by atoms with Crippen LogP contribution in [0, 0.1) is 10.1 Å². The Morgan fingerprint density at radius 1 is 1.60 bits per heavy atom. The molecule has 0 saturated heterocycles. The second kappa shape index (κ2) is 5.52. The Bertz CT molecular complexity index is 684. The zero-order valence-corrected chi connectivity index (χ0v) is 11.4. The number of aromatic nitrogens is 3. The third-order valence-electron chi connectivity index (χ3n) is 2.22. The number of phenolic OH excluding ortho intramolecular Hbond substituents is 1. The van der Waals surface area contributed by atoms with Gasteiger partial charge in [-0.1, -0.05) is 15.9 Å². The van der Waals surface area contributed by atoms with Crippen molar-refractivity contribution in [3.63, 3.8) is 0 Å². The van der Waals surface area contributed by atoms with Crippen molar-refractivity contribution in [2.75, 3.05) is 11.3 Å². The number of hydrogen-bond donors (Lipinski definition) is 3. The minimum Gasteiger partial charge on any atom is -0.502 e. The minimum absolute atomic E-state index is 0.154. The van der Waals surface area contributed by atoms with Gasteiger partial charge in [-0.3, -0.25) is 10.1 Å². The van der Waals surface area contributed by atoms with Crippen molar-refractivity contribution in [1.82, 2.24) is 14.9 Å². The van der Waals surface area contributed by atoms with Crippen LogP contribution in [0.3, 0.4) is 0 Å². The summed E-state index contributed by atoms with van der Waals surface area (Å²) in [6.07, 6.45) is 2.46. The molecule has 10 nitrogen and oxygen atoms in total. The van der Waals surface area contributed by atoms with Crippen molar-refractivity contribution >= 4 is 33.8 Å². The lowest BCUT2D eigenvalue weighted by molar-refractivity contribution is -0.385. The quantitative estimate of drug-likeness (QED) is 0.323. The third kappa shape index (κ3) is 2.83. The molecule has 1 aromatic heterocycles. The molecule has 0 atom stereocenters. The zero-order valence-electron chi connectivity index (χ0n) is 9.76. The molecule has 104 valence electrons. The molecular formula is C9H8BrN7O3. The number of anilines is 1. The molecular weight excluding hydrogens is 334 g/mol. The van der Waals surface area contributed by atoms with Crippen LogP contribution in [0.25, 0.3) is 0 Å². The van der Waals surface area contributed by atoms with Gasteiger partial charge < -0.3 is 10.9 Å². The molecule has 0 aliphatic heterocycles. The van der Waals surface area contributed by atoms with Crippen LogP contribution < -0.4 is 11.3 Å². The van der Waals surface area contributed by atoms with Crippen LogP contribution >= 0.6 is 15.9 Å². The van der Waals surface area contributed by atoms with Gasteiger partial charge in [-0.2, -0.15) is 5.10 Å². The predicted octanol–water partition coefficient (Wildman–Crippen LogP) is 0.814. The van der Waals surface area contributed by atoms with E-state index in [1.165, 1.54) is 24.7 Å². The molecule has 1 aromatic carbocycles. The van der Waals surface area contributed by atoms with Crippen LogP contribution in [0.5, 0.6) is 5.75 Å². The number of aromatic hydroxyl groups is 1. The number of halogens is 1. The number of hydrazone groups is 1. The van der Waals surface area contributed by atoms with Crippen LogP contribution in [-0.4, -0.2) is 31.1 Å². The first kappa shape index (κ1) is 13.7. The van der Waals surface area contributed by atoms with Crippen molar-refractivity contribution in [2.24, 2.45) is 5.10 Å². The highest BCUT2D eigenvalue weighted by molar-refractivity contribution is 9.10. The van der Waals surface area contributed by atoms with Gasteiger partial charge >= 0.3 is 5.69 Å². The van der Waals surface area contributed by atoms with Crippen LogP contribution in [0.2, 0.25) is 0 Å². The van der Waals surface area contributed by atoms with Gasteiger partial charge in [0.05, 0.1) is 11.1 Å². The van der Waals surface area contributed by atoms with Gasteiger partial charge in [-0.25, -0.2) is 10.1 Å². The maximum absolute atomic E-state index is 10.8. The van der Waals surface area contributed by atoms with Crippen molar-refractivity contribution in [2.45, 2.75) is 0 Å². The normalized spacial score (nSPS) is 10.8. The van der Waals surface area contributed by atoms with Crippen LogP contribution in [0.1, 0.15) is 5.56 Å². The van der Waals surface area contributed by atoms with E-state index in [2.05, 4.69) is 36.7 Å². The molecule has 0 fully saturated rings. The fourth-order valence-electron chi connectivity index (χ4n) is 1.33. The van der Waals surface area contributed by atoms with E-state index in [0.29, 0.717) is 4.47 Å². The van der Waals surface area contributed by atoms with Gasteiger partial charge in [0.2, 0.25) is 5.75 Å². The molecule has 0 amide bonds. The monoisotopic (exact) mass is 341 g/mol. The summed E-state index contributed by atoms with van der Waals surface area (Å²) in [4.78, 5) is 10.1. The Morgan fingerprint density at radius 3 is 2.95 bits per heavy atom. The molecule has 0 saturated carbocycles. The second-order valence-electron chi connectivity index (χ2n) is 3.55. The molecule has 20 heavy (non-hydrogen) atoms. The van der Waals surface area contributed by atoms with E-state index in [1.807, 2.05) is 0 Å². The van der Waals surface area contributed by atoms with E-state index in [-0.39, 0.29) is 11.5 Å². The lowest BCUT2D eigenvalue weighted by atomic mass is 10.2. The van der Waals surface area contributed by atoms with Gasteiger partial charge in [0.25, 0.3) is 5.95 Å². The Labute approximate surface area is 120 Å². The highest BCUT2D eigenvalue weighted by atomic mass is 79.9. The van der Waals surface area contributed by atoms with E-state index in [9.17, 15) is 15.2 Å². The molecule has 0 bridgehead atoms. The molecule has 0 radical (unpaired) electrons. The van der Waals surface area contributed by atoms with Crippen molar-refractivity contribution in [3.05, 3.63) is 38.6 Å². The molecule has 0 aliphatic rings. The van der Waals surface area contributed by atoms with Crippen molar-refractivity contribution < 1.29 is 10.0 Å². The average molecular weight is 342 g/mol. The van der Waals surface area contributed by atoms with Crippen LogP contribution in [-0.2, 0) is 0 Å². The molecule has 1 heterocycles. The summed E-state index contributed by atoms with van der Waals surface area (Å²) < 4.78 is 1.53. The number of nitro groups is 1. The summed E-state index contributed by atoms with van der Waals surface area (Å²) in [5, 5.41) is 31.4.